The molecule has 3 heteroatoms. The van der Waals surface area contributed by atoms with Gasteiger partial charge in [-0.2, -0.15) is 0 Å². The van der Waals surface area contributed by atoms with E-state index in [1.165, 1.54) is 6.08 Å². The monoisotopic (exact) mass is 146 g/mol. The molecule has 0 rings (SSSR count). The quantitative estimate of drug-likeness (QED) is 0.462. The van der Waals surface area contributed by atoms with Gasteiger partial charge in [-0.1, -0.05) is 6.92 Å². The highest BCUT2D eigenvalue weighted by Crippen LogP contribution is 1.99. The minimum atomic E-state index is -1.15. The third-order valence-corrected chi connectivity index (χ3v) is 1.03. The standard InChI is InChI=1S/C7H14O3/c1-3-5-10-7(9)6(8)4-2/h4,7-9H,3,5H2,1-2H3. The van der Waals surface area contributed by atoms with Crippen LogP contribution in [0.2, 0.25) is 0 Å². The van der Waals surface area contributed by atoms with Crippen molar-refractivity contribution in [1.82, 2.24) is 0 Å². The van der Waals surface area contributed by atoms with Crippen LogP contribution in [-0.4, -0.2) is 23.1 Å². The highest BCUT2D eigenvalue weighted by molar-refractivity contribution is 4.90. The molecule has 0 radical (unpaired) electrons. The summed E-state index contributed by atoms with van der Waals surface area (Å²) >= 11 is 0. The number of rotatable bonds is 4. The Morgan fingerprint density at radius 3 is 2.70 bits per heavy atom. The highest BCUT2D eigenvalue weighted by Gasteiger charge is 2.06. The van der Waals surface area contributed by atoms with Crippen LogP contribution in [0, 0.1) is 0 Å². The van der Waals surface area contributed by atoms with Crippen LogP contribution in [0.3, 0.4) is 0 Å². The van der Waals surface area contributed by atoms with E-state index in [1.54, 1.807) is 6.92 Å². The van der Waals surface area contributed by atoms with Gasteiger partial charge in [0.15, 0.2) is 0 Å². The average molecular weight is 146 g/mol. The lowest BCUT2D eigenvalue weighted by molar-refractivity contribution is -0.0934. The largest absolute Gasteiger partial charge is 0.507 e. The van der Waals surface area contributed by atoms with Crippen molar-refractivity contribution in [3.05, 3.63) is 11.8 Å². The number of aliphatic hydroxyl groups is 2. The van der Waals surface area contributed by atoms with Gasteiger partial charge in [0.2, 0.25) is 6.29 Å². The van der Waals surface area contributed by atoms with Crippen LogP contribution in [0.25, 0.3) is 0 Å². The Morgan fingerprint density at radius 2 is 2.30 bits per heavy atom. The molecule has 0 aliphatic carbocycles. The summed E-state index contributed by atoms with van der Waals surface area (Å²) in [6.45, 7) is 4.02. The molecule has 0 aromatic heterocycles. The van der Waals surface area contributed by atoms with Crippen LogP contribution in [0.1, 0.15) is 20.3 Å². The Kier molecular flexibility index (Phi) is 4.98. The summed E-state index contributed by atoms with van der Waals surface area (Å²) in [4.78, 5) is 0. The van der Waals surface area contributed by atoms with Gasteiger partial charge < -0.3 is 14.9 Å². The molecule has 0 saturated heterocycles. The predicted molar refractivity (Wildman–Crippen MR) is 38.6 cm³/mol. The van der Waals surface area contributed by atoms with E-state index in [0.29, 0.717) is 6.61 Å². The molecule has 3 nitrogen and oxygen atoms in total. The molecule has 2 N–H and O–H groups in total. The smallest absolute Gasteiger partial charge is 0.213 e. The lowest BCUT2D eigenvalue weighted by Crippen LogP contribution is -2.14. The van der Waals surface area contributed by atoms with E-state index in [0.717, 1.165) is 6.42 Å². The number of ether oxygens (including phenoxy) is 1. The molecule has 0 saturated carbocycles. The lowest BCUT2D eigenvalue weighted by Gasteiger charge is -2.08. The van der Waals surface area contributed by atoms with E-state index in [1.807, 2.05) is 6.92 Å². The van der Waals surface area contributed by atoms with Crippen LogP contribution in [-0.2, 0) is 4.74 Å². The summed E-state index contributed by atoms with van der Waals surface area (Å²) in [5.74, 6) is -0.131. The fourth-order valence-corrected chi connectivity index (χ4v) is 0.457. The third kappa shape index (κ3) is 3.48. The topological polar surface area (TPSA) is 49.7 Å². The van der Waals surface area contributed by atoms with Gasteiger partial charge in [0.05, 0.1) is 0 Å². The SMILES string of the molecule is CC=C(O)C(O)OCCC. The average Bonchev–Trinajstić information content (AvgIpc) is 1.98. The summed E-state index contributed by atoms with van der Waals surface area (Å²) in [6, 6.07) is 0. The molecule has 0 aliphatic heterocycles. The second-order valence-corrected chi connectivity index (χ2v) is 1.94. The maximum Gasteiger partial charge on any atom is 0.213 e. The van der Waals surface area contributed by atoms with Crippen molar-refractivity contribution < 1.29 is 14.9 Å². The van der Waals surface area contributed by atoms with E-state index >= 15 is 0 Å². The number of aliphatic hydroxyl groups excluding tert-OH is 2. The molecule has 1 atom stereocenters. The lowest BCUT2D eigenvalue weighted by atomic mass is 10.4. The Morgan fingerprint density at radius 1 is 1.70 bits per heavy atom. The minimum absolute atomic E-state index is 0.131. The van der Waals surface area contributed by atoms with Crippen LogP contribution >= 0.6 is 0 Å². The van der Waals surface area contributed by atoms with Crippen molar-refractivity contribution in [2.24, 2.45) is 0 Å². The van der Waals surface area contributed by atoms with Gasteiger partial charge in [-0.05, 0) is 19.4 Å². The molecule has 0 fully saturated rings. The first-order chi connectivity index (χ1) is 4.72. The van der Waals surface area contributed by atoms with E-state index in [2.05, 4.69) is 0 Å². The summed E-state index contributed by atoms with van der Waals surface area (Å²) < 4.78 is 4.78. The molecule has 60 valence electrons. The van der Waals surface area contributed by atoms with Crippen LogP contribution < -0.4 is 0 Å². The van der Waals surface area contributed by atoms with E-state index in [4.69, 9.17) is 14.9 Å². The maximum atomic E-state index is 8.91. The Labute approximate surface area is 60.9 Å². The zero-order chi connectivity index (χ0) is 7.98. The van der Waals surface area contributed by atoms with E-state index in [9.17, 15) is 0 Å². The van der Waals surface area contributed by atoms with Crippen molar-refractivity contribution in [1.29, 1.82) is 0 Å². The van der Waals surface area contributed by atoms with Gasteiger partial charge in [0.1, 0.15) is 5.76 Å². The van der Waals surface area contributed by atoms with Crippen LogP contribution in [0.4, 0.5) is 0 Å². The minimum Gasteiger partial charge on any atom is -0.507 e. The molecular weight excluding hydrogens is 132 g/mol. The summed E-state index contributed by atoms with van der Waals surface area (Å²) in [7, 11) is 0. The fourth-order valence-electron chi connectivity index (χ4n) is 0.457. The zero-order valence-corrected chi connectivity index (χ0v) is 6.37. The Balaban J connectivity index is 3.51. The molecule has 1 unspecified atom stereocenters. The number of allylic oxidation sites excluding steroid dienone is 1. The number of hydrogen-bond acceptors (Lipinski definition) is 3. The summed E-state index contributed by atoms with van der Waals surface area (Å²) in [6.07, 6.45) is 1.08. The van der Waals surface area contributed by atoms with Gasteiger partial charge in [-0.15, -0.1) is 0 Å². The van der Waals surface area contributed by atoms with E-state index in [-0.39, 0.29) is 5.76 Å². The van der Waals surface area contributed by atoms with Gasteiger partial charge in [0.25, 0.3) is 0 Å². The first-order valence-corrected chi connectivity index (χ1v) is 3.37. The van der Waals surface area contributed by atoms with Crippen LogP contribution in [0.5, 0.6) is 0 Å². The van der Waals surface area contributed by atoms with Gasteiger partial charge in [0, 0.05) is 6.61 Å². The normalized spacial score (nSPS) is 15.3. The van der Waals surface area contributed by atoms with Crippen molar-refractivity contribution in [2.45, 2.75) is 26.6 Å². The number of hydrogen-bond donors (Lipinski definition) is 2. The first kappa shape index (κ1) is 9.46. The van der Waals surface area contributed by atoms with Crippen LogP contribution in [0.15, 0.2) is 11.8 Å². The van der Waals surface area contributed by atoms with Crippen molar-refractivity contribution in [3.63, 3.8) is 0 Å². The second-order valence-electron chi connectivity index (χ2n) is 1.94. The van der Waals surface area contributed by atoms with Gasteiger partial charge in [-0.25, -0.2) is 0 Å². The molecule has 0 bridgehead atoms. The molecule has 0 heterocycles. The molecule has 0 aromatic carbocycles. The zero-order valence-electron chi connectivity index (χ0n) is 6.37. The molecule has 0 aliphatic rings. The van der Waals surface area contributed by atoms with Gasteiger partial charge in [-0.3, -0.25) is 0 Å². The molecule has 0 amide bonds. The Hall–Kier alpha value is -0.540. The maximum absolute atomic E-state index is 8.91. The summed E-state index contributed by atoms with van der Waals surface area (Å²) in [5.41, 5.74) is 0. The van der Waals surface area contributed by atoms with Gasteiger partial charge >= 0.3 is 0 Å². The first-order valence-electron chi connectivity index (χ1n) is 3.37. The summed E-state index contributed by atoms with van der Waals surface area (Å²) in [5, 5.41) is 17.7. The highest BCUT2D eigenvalue weighted by atomic mass is 16.6. The third-order valence-electron chi connectivity index (χ3n) is 1.03. The predicted octanol–water partition coefficient (Wildman–Crippen LogP) is 1.19. The second kappa shape index (κ2) is 5.26. The molecule has 0 aromatic rings. The van der Waals surface area contributed by atoms with Crippen molar-refractivity contribution in [2.75, 3.05) is 6.61 Å². The van der Waals surface area contributed by atoms with Crippen molar-refractivity contribution >= 4 is 0 Å². The molecular formula is C7H14O3. The Bertz CT molecular complexity index is 109. The molecule has 0 spiro atoms. The van der Waals surface area contributed by atoms with Crippen molar-refractivity contribution in [3.8, 4) is 0 Å². The fraction of sp³-hybridized carbons (Fsp3) is 0.714. The van der Waals surface area contributed by atoms with E-state index < -0.39 is 6.29 Å². The molecule has 10 heavy (non-hydrogen) atoms.